The summed E-state index contributed by atoms with van der Waals surface area (Å²) in [6.45, 7) is 6.49. The van der Waals surface area contributed by atoms with E-state index in [-0.39, 0.29) is 37.5 Å². The highest BCUT2D eigenvalue weighted by Crippen LogP contribution is 2.15. The Morgan fingerprint density at radius 2 is 0.582 bits per heavy atom. The van der Waals surface area contributed by atoms with Crippen LogP contribution in [0.1, 0.15) is 278 Å². The van der Waals surface area contributed by atoms with E-state index in [2.05, 4.69) is 93.7 Å². The predicted molar refractivity (Wildman–Crippen MR) is 288 cm³/mol. The quantitative estimate of drug-likeness (QED) is 0.0262. The van der Waals surface area contributed by atoms with E-state index in [9.17, 15) is 14.4 Å². The average molecular weight is 936 g/mol. The Morgan fingerprint density at radius 3 is 0.940 bits per heavy atom. The van der Waals surface area contributed by atoms with Gasteiger partial charge in [-0.3, -0.25) is 14.4 Å². The molecule has 0 aliphatic carbocycles. The molecule has 0 aromatic rings. The first-order chi connectivity index (χ1) is 33.0. The summed E-state index contributed by atoms with van der Waals surface area (Å²) in [6.07, 6.45) is 70.4. The zero-order valence-corrected chi connectivity index (χ0v) is 44.2. The molecule has 386 valence electrons. The number of unbranched alkanes of at least 4 members (excludes halogenated alkanes) is 28. The van der Waals surface area contributed by atoms with Gasteiger partial charge in [0.15, 0.2) is 6.10 Å². The molecule has 0 saturated heterocycles. The number of carbonyl (C=O) groups excluding carboxylic acids is 3. The highest BCUT2D eigenvalue weighted by molar-refractivity contribution is 5.71. The fraction of sp³-hybridized carbons (Fsp3) is 0.754. The van der Waals surface area contributed by atoms with Gasteiger partial charge in [-0.15, -0.1) is 0 Å². The summed E-state index contributed by atoms with van der Waals surface area (Å²) >= 11 is 0. The second-order valence-corrected chi connectivity index (χ2v) is 18.8. The Hall–Kier alpha value is -3.15. The fourth-order valence-corrected chi connectivity index (χ4v) is 7.93. The molecule has 0 aromatic carbocycles. The van der Waals surface area contributed by atoms with E-state index < -0.39 is 6.10 Å². The molecule has 1 atom stereocenters. The molecule has 0 N–H and O–H groups in total. The molecule has 0 saturated carbocycles. The minimum absolute atomic E-state index is 0.0906. The van der Waals surface area contributed by atoms with Crippen molar-refractivity contribution in [1.82, 2.24) is 0 Å². The lowest BCUT2D eigenvalue weighted by molar-refractivity contribution is -0.167. The summed E-state index contributed by atoms with van der Waals surface area (Å²) in [5, 5.41) is 0. The van der Waals surface area contributed by atoms with Crippen molar-refractivity contribution in [3.63, 3.8) is 0 Å². The third-order valence-electron chi connectivity index (χ3n) is 12.2. The lowest BCUT2D eigenvalue weighted by atomic mass is 10.0. The van der Waals surface area contributed by atoms with Crippen LogP contribution in [0.3, 0.4) is 0 Å². The topological polar surface area (TPSA) is 78.9 Å². The summed E-state index contributed by atoms with van der Waals surface area (Å²) in [7, 11) is 0. The van der Waals surface area contributed by atoms with Crippen LogP contribution in [0.25, 0.3) is 0 Å². The van der Waals surface area contributed by atoms with Gasteiger partial charge in [0.2, 0.25) is 0 Å². The van der Waals surface area contributed by atoms with Gasteiger partial charge in [-0.2, -0.15) is 0 Å². The zero-order valence-electron chi connectivity index (χ0n) is 44.2. The zero-order chi connectivity index (χ0) is 48.6. The van der Waals surface area contributed by atoms with E-state index >= 15 is 0 Å². The Labute approximate surface area is 414 Å². The molecular weight excluding hydrogens is 829 g/mol. The van der Waals surface area contributed by atoms with Gasteiger partial charge in [0.25, 0.3) is 0 Å². The first kappa shape index (κ1) is 63.8. The van der Waals surface area contributed by atoms with Gasteiger partial charge in [-0.05, 0) is 89.9 Å². The Bertz CT molecular complexity index is 1260. The van der Waals surface area contributed by atoms with Gasteiger partial charge in [0.05, 0.1) is 0 Å². The molecule has 6 heteroatoms. The number of allylic oxidation sites excluding steroid dienone is 12. The third-order valence-corrected chi connectivity index (χ3v) is 12.2. The third kappa shape index (κ3) is 53.7. The summed E-state index contributed by atoms with van der Waals surface area (Å²) in [6, 6.07) is 0. The summed E-state index contributed by atoms with van der Waals surface area (Å²) in [4.78, 5) is 38.0. The van der Waals surface area contributed by atoms with Crippen molar-refractivity contribution in [2.75, 3.05) is 13.2 Å². The van der Waals surface area contributed by atoms with Crippen LogP contribution in [0.4, 0.5) is 0 Å². The fourth-order valence-electron chi connectivity index (χ4n) is 7.93. The van der Waals surface area contributed by atoms with E-state index in [1.165, 1.54) is 148 Å². The van der Waals surface area contributed by atoms with E-state index in [4.69, 9.17) is 14.2 Å². The molecule has 0 fully saturated rings. The van der Waals surface area contributed by atoms with Crippen LogP contribution in [0.15, 0.2) is 72.9 Å². The molecule has 67 heavy (non-hydrogen) atoms. The molecule has 1 unspecified atom stereocenters. The molecule has 6 nitrogen and oxygen atoms in total. The molecule has 0 aliphatic heterocycles. The van der Waals surface area contributed by atoms with Crippen molar-refractivity contribution in [2.45, 2.75) is 284 Å². The number of hydrogen-bond acceptors (Lipinski definition) is 6. The van der Waals surface area contributed by atoms with Crippen LogP contribution in [0.5, 0.6) is 0 Å². The molecule has 0 bridgehead atoms. The first-order valence-corrected chi connectivity index (χ1v) is 28.4. The molecule has 0 heterocycles. The number of hydrogen-bond donors (Lipinski definition) is 0. The van der Waals surface area contributed by atoms with Gasteiger partial charge in [-0.1, -0.05) is 241 Å². The molecule has 0 radical (unpaired) electrons. The molecule has 0 aliphatic rings. The van der Waals surface area contributed by atoms with E-state index in [1.807, 2.05) is 0 Å². The Balaban J connectivity index is 4.32. The van der Waals surface area contributed by atoms with Crippen LogP contribution in [0.2, 0.25) is 0 Å². The van der Waals surface area contributed by atoms with Crippen LogP contribution < -0.4 is 0 Å². The normalized spacial score (nSPS) is 12.6. The number of rotatable bonds is 51. The maximum absolute atomic E-state index is 12.8. The van der Waals surface area contributed by atoms with Crippen LogP contribution >= 0.6 is 0 Å². The minimum Gasteiger partial charge on any atom is -0.462 e. The standard InChI is InChI=1S/C61H106O6/c1-4-7-10-13-16-19-22-24-26-27-28-29-30-31-32-33-35-36-39-42-45-48-51-54-60(63)66-57-58(56-65-59(62)53-50-47-44-41-38-21-18-15-12-9-6-3)67-61(64)55-52-49-46-43-40-37-34-25-23-20-17-14-11-8-5-2/h8,11,17,20,22,24-25,27-28,34,40,43,58H,4-7,9-10,12-16,18-19,21,23,26,29-33,35-39,41-42,44-57H2,1-3H3/b11-8-,20-17-,24-22-,28-27-,34-25-,43-40-. The number of esters is 3. The lowest BCUT2D eigenvalue weighted by Crippen LogP contribution is -2.30. The van der Waals surface area contributed by atoms with Crippen LogP contribution in [-0.2, 0) is 28.6 Å². The van der Waals surface area contributed by atoms with Crippen LogP contribution in [0, 0.1) is 0 Å². The Morgan fingerprint density at radius 1 is 0.313 bits per heavy atom. The monoisotopic (exact) mass is 935 g/mol. The summed E-state index contributed by atoms with van der Waals surface area (Å²) < 4.78 is 16.8. The average Bonchev–Trinajstić information content (AvgIpc) is 3.33. The lowest BCUT2D eigenvalue weighted by Gasteiger charge is -2.18. The second kappa shape index (κ2) is 55.4. The molecule has 0 aromatic heterocycles. The number of carbonyl (C=O) groups is 3. The summed E-state index contributed by atoms with van der Waals surface area (Å²) in [5.41, 5.74) is 0. The van der Waals surface area contributed by atoms with Crippen molar-refractivity contribution >= 4 is 17.9 Å². The maximum atomic E-state index is 12.8. The first-order valence-electron chi connectivity index (χ1n) is 28.4. The SMILES string of the molecule is CC/C=C\C/C=C\C/C=C\C/C=C\CCCCC(=O)OC(COC(=O)CCCCCCCCCCCCC)COC(=O)CCCCCCCCCCCCC/C=C\C/C=C\CCCCCCC. The van der Waals surface area contributed by atoms with Gasteiger partial charge in [-0.25, -0.2) is 0 Å². The van der Waals surface area contributed by atoms with E-state index in [1.54, 1.807) is 0 Å². The van der Waals surface area contributed by atoms with Crippen molar-refractivity contribution in [2.24, 2.45) is 0 Å². The predicted octanol–water partition coefficient (Wildman–Crippen LogP) is 19.0. The van der Waals surface area contributed by atoms with Gasteiger partial charge >= 0.3 is 17.9 Å². The van der Waals surface area contributed by atoms with Crippen LogP contribution in [-0.4, -0.2) is 37.2 Å². The van der Waals surface area contributed by atoms with Crippen molar-refractivity contribution in [3.05, 3.63) is 72.9 Å². The van der Waals surface area contributed by atoms with Gasteiger partial charge < -0.3 is 14.2 Å². The van der Waals surface area contributed by atoms with Gasteiger partial charge in [0.1, 0.15) is 13.2 Å². The molecule has 0 rings (SSSR count). The maximum Gasteiger partial charge on any atom is 0.306 e. The largest absolute Gasteiger partial charge is 0.462 e. The van der Waals surface area contributed by atoms with Gasteiger partial charge in [0, 0.05) is 19.3 Å². The van der Waals surface area contributed by atoms with E-state index in [0.29, 0.717) is 19.3 Å². The second-order valence-electron chi connectivity index (χ2n) is 18.8. The Kier molecular flexibility index (Phi) is 52.8. The molecular formula is C61H106O6. The van der Waals surface area contributed by atoms with Crippen molar-refractivity contribution < 1.29 is 28.6 Å². The smallest absolute Gasteiger partial charge is 0.306 e. The molecule has 0 amide bonds. The van der Waals surface area contributed by atoms with Crippen molar-refractivity contribution in [1.29, 1.82) is 0 Å². The number of ether oxygens (including phenoxy) is 3. The minimum atomic E-state index is -0.795. The highest BCUT2D eigenvalue weighted by Gasteiger charge is 2.19. The van der Waals surface area contributed by atoms with Crippen molar-refractivity contribution in [3.8, 4) is 0 Å². The highest BCUT2D eigenvalue weighted by atomic mass is 16.6. The summed E-state index contributed by atoms with van der Waals surface area (Å²) in [5.74, 6) is -0.929. The van der Waals surface area contributed by atoms with E-state index in [0.717, 1.165) is 83.5 Å². The molecule has 0 spiro atoms.